The van der Waals surface area contributed by atoms with Crippen molar-refractivity contribution in [2.45, 2.75) is 89.0 Å². The molecule has 10 rings (SSSR count). The van der Waals surface area contributed by atoms with Gasteiger partial charge < -0.3 is 44.6 Å². The van der Waals surface area contributed by atoms with E-state index in [-0.39, 0.29) is 86.8 Å². The Morgan fingerprint density at radius 1 is 0.910 bits per heavy atom. The van der Waals surface area contributed by atoms with Gasteiger partial charge in [0.15, 0.2) is 0 Å². The summed E-state index contributed by atoms with van der Waals surface area (Å²) in [7, 11) is 2.08. The fourth-order valence-corrected chi connectivity index (χ4v) is 11.3. The van der Waals surface area contributed by atoms with Gasteiger partial charge in [0.2, 0.25) is 11.8 Å². The van der Waals surface area contributed by atoms with Crippen molar-refractivity contribution in [3.05, 3.63) is 129 Å². The number of hydrogen-bond donors (Lipinski definition) is 3. The average Bonchev–Trinajstić information content (AvgIpc) is 4.12. The Morgan fingerprint density at radius 2 is 1.72 bits per heavy atom. The minimum Gasteiger partial charge on any atom is -0.488 e. The molecular formula is C56H57ClF3N11O7. The first kappa shape index (κ1) is 53.4. The van der Waals surface area contributed by atoms with E-state index in [9.17, 15) is 42.4 Å². The number of ether oxygens (including phenoxy) is 2. The lowest BCUT2D eigenvalue weighted by atomic mass is 10.0. The Hall–Kier alpha value is -7.96. The van der Waals surface area contributed by atoms with E-state index in [1.807, 2.05) is 30.3 Å². The lowest BCUT2D eigenvalue weighted by Crippen LogP contribution is -2.56. The molecule has 78 heavy (non-hydrogen) atoms. The number of carbonyl (C=O) groups is 5. The number of nitrogens with zero attached hydrogens (tertiary/aromatic N) is 8. The molecule has 0 saturated carbocycles. The van der Waals surface area contributed by atoms with Gasteiger partial charge >= 0.3 is 18.2 Å². The molecule has 3 atom stereocenters. The second kappa shape index (κ2) is 22.6. The summed E-state index contributed by atoms with van der Waals surface area (Å²) in [5.74, 6) is -1.10. The summed E-state index contributed by atoms with van der Waals surface area (Å²) in [6, 6.07) is 20.4. The largest absolute Gasteiger partial charge is 0.488 e. The molecule has 5 aliphatic rings. The van der Waals surface area contributed by atoms with E-state index in [4.69, 9.17) is 31.0 Å². The zero-order chi connectivity index (χ0) is 54.8. The molecule has 0 aliphatic carbocycles. The Bertz CT molecular complexity index is 3260. The quantitative estimate of drug-likeness (QED) is 0.0742. The van der Waals surface area contributed by atoms with Gasteiger partial charge in [-0.05, 0) is 92.2 Å². The summed E-state index contributed by atoms with van der Waals surface area (Å²) in [6.07, 6.45) is -1.72. The van der Waals surface area contributed by atoms with Gasteiger partial charge in [-0.25, -0.2) is 4.79 Å². The molecule has 3 fully saturated rings. The highest BCUT2D eigenvalue weighted by molar-refractivity contribution is 6.36. The highest BCUT2D eigenvalue weighted by Crippen LogP contribution is 2.38. The van der Waals surface area contributed by atoms with Crippen molar-refractivity contribution in [3.63, 3.8) is 0 Å². The van der Waals surface area contributed by atoms with Crippen LogP contribution in [0.15, 0.2) is 84.9 Å². The van der Waals surface area contributed by atoms with Crippen molar-refractivity contribution in [3.8, 4) is 17.8 Å². The number of nitriles is 1. The lowest BCUT2D eigenvalue weighted by Gasteiger charge is -2.42. The SMILES string of the molecule is C=C(COc1ccc(C(F)(F)F)cc1CNC(=O)NCc1ccc2c(c1)CN(C1CCC(=O)NC1=O)C2=O)C(=O)N1CCN(c2nc(OC[C@@H]3CCCN3C)nc3c2CCN(c2cccc4cccc(Cl)c24)C3)C[C@@H]1CC#N. The molecule has 6 amide bonds. The van der Waals surface area contributed by atoms with Crippen LogP contribution in [0.2, 0.25) is 5.02 Å². The Balaban J connectivity index is 0.790. The molecule has 0 bridgehead atoms. The van der Waals surface area contributed by atoms with Crippen LogP contribution >= 0.6 is 11.6 Å². The molecule has 3 N–H and O–H groups in total. The number of anilines is 2. The predicted octanol–water partition coefficient (Wildman–Crippen LogP) is 6.66. The van der Waals surface area contributed by atoms with Gasteiger partial charge in [-0.3, -0.25) is 24.5 Å². The predicted molar refractivity (Wildman–Crippen MR) is 282 cm³/mol. The number of benzene rings is 4. The van der Waals surface area contributed by atoms with Gasteiger partial charge in [-0.2, -0.15) is 28.4 Å². The maximum absolute atomic E-state index is 14.2. The molecule has 18 nitrogen and oxygen atoms in total. The number of imide groups is 1. The number of rotatable bonds is 15. The number of aromatic nitrogens is 2. The van der Waals surface area contributed by atoms with Crippen LogP contribution in [0.4, 0.5) is 29.5 Å². The number of piperazine rings is 1. The Morgan fingerprint density at radius 3 is 2.49 bits per heavy atom. The van der Waals surface area contributed by atoms with Gasteiger partial charge in [-0.1, -0.05) is 54.6 Å². The topological polar surface area (TPSA) is 206 Å². The summed E-state index contributed by atoms with van der Waals surface area (Å²) < 4.78 is 54.3. The maximum Gasteiger partial charge on any atom is 0.416 e. The number of nitrogens with one attached hydrogen (secondary N) is 3. The van der Waals surface area contributed by atoms with Crippen LogP contribution in [0.3, 0.4) is 0 Å². The number of fused-ring (bicyclic) bond motifs is 3. The lowest BCUT2D eigenvalue weighted by molar-refractivity contribution is -0.138. The first-order valence-corrected chi connectivity index (χ1v) is 26.3. The molecule has 5 aromatic rings. The van der Waals surface area contributed by atoms with Gasteiger partial charge in [-0.15, -0.1) is 0 Å². The smallest absolute Gasteiger partial charge is 0.416 e. The molecular weight excluding hydrogens is 1030 g/mol. The molecule has 0 spiro atoms. The molecule has 5 aliphatic heterocycles. The van der Waals surface area contributed by atoms with Crippen LogP contribution in [-0.2, 0) is 53.2 Å². The van der Waals surface area contributed by atoms with Crippen LogP contribution in [0.1, 0.15) is 76.0 Å². The van der Waals surface area contributed by atoms with Crippen LogP contribution in [0, 0.1) is 11.3 Å². The van der Waals surface area contributed by atoms with E-state index in [2.05, 4.69) is 56.4 Å². The third kappa shape index (κ3) is 11.4. The zero-order valence-electron chi connectivity index (χ0n) is 42.8. The van der Waals surface area contributed by atoms with Crippen molar-refractivity contribution >= 4 is 63.5 Å². The number of piperidine rings is 1. The second-order valence-electron chi connectivity index (χ2n) is 20.2. The molecule has 0 radical (unpaired) electrons. The average molecular weight is 1090 g/mol. The summed E-state index contributed by atoms with van der Waals surface area (Å²) in [4.78, 5) is 84.2. The number of halogens is 4. The van der Waals surface area contributed by atoms with E-state index in [1.54, 1.807) is 23.1 Å². The van der Waals surface area contributed by atoms with Crippen molar-refractivity contribution in [1.82, 2.24) is 40.6 Å². The third-order valence-electron chi connectivity index (χ3n) is 15.2. The minimum absolute atomic E-state index is 0.000159. The van der Waals surface area contributed by atoms with Gasteiger partial charge in [0.25, 0.3) is 11.8 Å². The van der Waals surface area contributed by atoms with Crippen molar-refractivity contribution in [1.29, 1.82) is 5.26 Å². The number of hydrogen-bond acceptors (Lipinski definition) is 13. The zero-order valence-corrected chi connectivity index (χ0v) is 43.6. The molecule has 406 valence electrons. The number of alkyl halides is 3. The monoisotopic (exact) mass is 1090 g/mol. The molecule has 1 unspecified atom stereocenters. The van der Waals surface area contributed by atoms with Crippen LogP contribution in [-0.4, -0.2) is 125 Å². The third-order valence-corrected chi connectivity index (χ3v) is 15.5. The standard InChI is InChI=1S/C56H57ClF3N11O7/c1-33(31-77-47-15-12-38(56(58,59)60)25-36(47)27-63-54(76)62-26-34-11-13-41-37(24-34)28-71(53(41)75)46-14-16-48(72)65-51(46)73)52(74)70-23-22-69(29-39(70)17-19-61)50-42-18-21-68(45-10-4-7-35-6-3-9-43(57)49(35)45)30-44(42)64-55(66-50)78-32-40-8-5-20-67(40)2/h3-4,6-7,9-13,15,24-25,39-40,46H,1,5,8,14,16-18,20-23,26-32H2,2H3,(H2,62,63,76)(H,65,72,73)/t39-,40-,46?/m0/s1. The number of likely N-dealkylation sites (tertiary alicyclic amines) is 1. The second-order valence-corrected chi connectivity index (χ2v) is 20.6. The Kier molecular flexibility index (Phi) is 15.5. The van der Waals surface area contributed by atoms with E-state index in [0.717, 1.165) is 65.3 Å². The van der Waals surface area contributed by atoms with E-state index in [1.165, 1.54) is 4.90 Å². The number of likely N-dealkylation sites (N-methyl/N-ethyl adjacent to an activating group) is 1. The molecule has 4 aromatic carbocycles. The molecule has 1 aromatic heterocycles. The normalized spacial score (nSPS) is 19.5. The van der Waals surface area contributed by atoms with Crippen LogP contribution in [0.5, 0.6) is 11.8 Å². The number of carbonyl (C=O) groups excluding carboxylic acids is 5. The van der Waals surface area contributed by atoms with Crippen molar-refractivity contribution < 1.29 is 46.6 Å². The van der Waals surface area contributed by atoms with Crippen LogP contribution in [0.25, 0.3) is 10.8 Å². The molecule has 22 heteroatoms. The maximum atomic E-state index is 14.2. The highest BCUT2D eigenvalue weighted by Gasteiger charge is 2.40. The van der Waals surface area contributed by atoms with E-state index >= 15 is 0 Å². The summed E-state index contributed by atoms with van der Waals surface area (Å²) in [5.41, 5.74) is 3.42. The number of urea groups is 1. The van der Waals surface area contributed by atoms with E-state index in [0.29, 0.717) is 60.2 Å². The fourth-order valence-electron chi connectivity index (χ4n) is 11.0. The first-order valence-electron chi connectivity index (χ1n) is 25.9. The first-order chi connectivity index (χ1) is 37.5. The van der Waals surface area contributed by atoms with Crippen molar-refractivity contribution in [2.24, 2.45) is 0 Å². The molecule has 6 heterocycles. The van der Waals surface area contributed by atoms with Gasteiger partial charge in [0.1, 0.15) is 30.8 Å². The van der Waals surface area contributed by atoms with Crippen molar-refractivity contribution in [2.75, 3.05) is 62.8 Å². The fraction of sp³-hybridized carbons (Fsp3) is 0.393. The summed E-state index contributed by atoms with van der Waals surface area (Å²) >= 11 is 6.78. The van der Waals surface area contributed by atoms with Gasteiger partial charge in [0.05, 0.1) is 41.4 Å². The minimum atomic E-state index is -4.71. The van der Waals surface area contributed by atoms with Crippen LogP contribution < -0.4 is 35.2 Å². The Labute approximate surface area is 453 Å². The number of amides is 6. The van der Waals surface area contributed by atoms with E-state index < -0.39 is 54.2 Å². The molecule has 3 saturated heterocycles. The summed E-state index contributed by atoms with van der Waals surface area (Å²) in [5, 5.41) is 20.2. The highest BCUT2D eigenvalue weighted by atomic mass is 35.5. The summed E-state index contributed by atoms with van der Waals surface area (Å²) in [6.45, 7) is 6.67. The van der Waals surface area contributed by atoms with Gasteiger partial charge in [0, 0.05) is 91.6 Å².